The van der Waals surface area contributed by atoms with E-state index in [-0.39, 0.29) is 12.2 Å². The second-order valence-corrected chi connectivity index (χ2v) is 5.26. The number of ether oxygens (including phenoxy) is 2. The molecule has 1 aromatic rings. The number of anilines is 2. The third kappa shape index (κ3) is 2.95. The maximum atomic E-state index is 5.95. The van der Waals surface area contributed by atoms with Crippen LogP contribution in [0.5, 0.6) is 5.75 Å². The van der Waals surface area contributed by atoms with Gasteiger partial charge in [0.2, 0.25) is 0 Å². The lowest BCUT2D eigenvalue weighted by atomic mass is 10.1. The van der Waals surface area contributed by atoms with Gasteiger partial charge in [-0.05, 0) is 31.9 Å². The maximum Gasteiger partial charge on any atom is 0.144 e. The first-order chi connectivity index (χ1) is 9.05. The van der Waals surface area contributed by atoms with Crippen molar-refractivity contribution < 1.29 is 9.47 Å². The van der Waals surface area contributed by atoms with E-state index in [4.69, 9.17) is 15.2 Å². The number of nitrogens with two attached hydrogens (primary N) is 1. The molecule has 0 spiro atoms. The summed E-state index contributed by atoms with van der Waals surface area (Å²) in [4.78, 5) is 2.34. The lowest BCUT2D eigenvalue weighted by molar-refractivity contribution is -0.0173. The van der Waals surface area contributed by atoms with Crippen molar-refractivity contribution >= 4 is 11.4 Å². The van der Waals surface area contributed by atoms with Crippen LogP contribution in [0.2, 0.25) is 0 Å². The van der Waals surface area contributed by atoms with Crippen molar-refractivity contribution in [3.8, 4) is 5.75 Å². The fourth-order valence-corrected chi connectivity index (χ4v) is 2.57. The molecular weight excluding hydrogens is 240 g/mol. The molecule has 1 saturated heterocycles. The third-order valence-electron chi connectivity index (χ3n) is 3.69. The molecule has 1 heterocycles. The summed E-state index contributed by atoms with van der Waals surface area (Å²) in [6, 6.07) is 4.02. The monoisotopic (exact) mass is 264 g/mol. The Hall–Kier alpha value is -1.42. The van der Waals surface area contributed by atoms with Gasteiger partial charge < -0.3 is 20.1 Å². The predicted octanol–water partition coefficient (Wildman–Crippen LogP) is 2.59. The zero-order valence-corrected chi connectivity index (χ0v) is 12.3. The van der Waals surface area contributed by atoms with Crippen LogP contribution in [0.25, 0.3) is 0 Å². The van der Waals surface area contributed by atoms with Crippen LogP contribution in [0.4, 0.5) is 11.4 Å². The molecule has 2 unspecified atom stereocenters. The van der Waals surface area contributed by atoms with Crippen LogP contribution in [-0.4, -0.2) is 32.4 Å². The van der Waals surface area contributed by atoms with E-state index in [2.05, 4.69) is 24.8 Å². The lowest BCUT2D eigenvalue weighted by Gasteiger charge is -2.38. The Labute approximate surface area is 115 Å². The molecular formula is C15H24N2O2. The number of hydrogen-bond acceptors (Lipinski definition) is 4. The Morgan fingerprint density at radius 1 is 1.42 bits per heavy atom. The summed E-state index contributed by atoms with van der Waals surface area (Å²) in [7, 11) is 1.69. The fourth-order valence-electron chi connectivity index (χ4n) is 2.57. The van der Waals surface area contributed by atoms with E-state index in [9.17, 15) is 0 Å². The average molecular weight is 264 g/mol. The standard InChI is InChI=1S/C15H24N2O2/c1-5-12-9-17(8-11(3)19-12)14-6-10(2)13(16)7-15(14)18-4/h6-7,11-12H,5,8-9,16H2,1-4H3. The first kappa shape index (κ1) is 14.0. The van der Waals surface area contributed by atoms with Gasteiger partial charge in [-0.15, -0.1) is 0 Å². The van der Waals surface area contributed by atoms with Crippen molar-refractivity contribution in [2.75, 3.05) is 30.8 Å². The second-order valence-electron chi connectivity index (χ2n) is 5.26. The van der Waals surface area contributed by atoms with Gasteiger partial charge in [-0.3, -0.25) is 0 Å². The van der Waals surface area contributed by atoms with Gasteiger partial charge in [0.1, 0.15) is 5.75 Å². The molecule has 0 radical (unpaired) electrons. The normalized spacial score (nSPS) is 23.5. The number of morpholine rings is 1. The predicted molar refractivity (Wildman–Crippen MR) is 79.0 cm³/mol. The summed E-state index contributed by atoms with van der Waals surface area (Å²) in [5.74, 6) is 0.840. The van der Waals surface area contributed by atoms with Gasteiger partial charge in [0.05, 0.1) is 25.0 Å². The highest BCUT2D eigenvalue weighted by Crippen LogP contribution is 2.34. The molecule has 2 atom stereocenters. The Morgan fingerprint density at radius 2 is 2.16 bits per heavy atom. The molecule has 0 bridgehead atoms. The van der Waals surface area contributed by atoms with E-state index in [1.165, 1.54) is 0 Å². The summed E-state index contributed by atoms with van der Waals surface area (Å²) < 4.78 is 11.4. The molecule has 0 amide bonds. The van der Waals surface area contributed by atoms with Gasteiger partial charge in [0.15, 0.2) is 0 Å². The molecule has 2 rings (SSSR count). The van der Waals surface area contributed by atoms with E-state index >= 15 is 0 Å². The molecule has 4 nitrogen and oxygen atoms in total. The molecule has 0 aromatic heterocycles. The molecule has 19 heavy (non-hydrogen) atoms. The first-order valence-electron chi connectivity index (χ1n) is 6.89. The number of nitrogen functional groups attached to an aromatic ring is 1. The number of rotatable bonds is 3. The summed E-state index contributed by atoms with van der Waals surface area (Å²) in [6.45, 7) is 8.09. The van der Waals surface area contributed by atoms with Gasteiger partial charge >= 0.3 is 0 Å². The maximum absolute atomic E-state index is 5.95. The van der Waals surface area contributed by atoms with E-state index in [1.54, 1.807) is 7.11 Å². The minimum absolute atomic E-state index is 0.237. The van der Waals surface area contributed by atoms with Crippen LogP contribution < -0.4 is 15.4 Å². The number of hydrogen-bond donors (Lipinski definition) is 1. The Balaban J connectivity index is 2.32. The molecule has 1 aliphatic heterocycles. The molecule has 0 aliphatic carbocycles. The fraction of sp³-hybridized carbons (Fsp3) is 0.600. The molecule has 106 valence electrons. The molecule has 4 heteroatoms. The van der Waals surface area contributed by atoms with Gasteiger partial charge in [-0.2, -0.15) is 0 Å². The zero-order valence-electron chi connectivity index (χ0n) is 12.3. The highest BCUT2D eigenvalue weighted by atomic mass is 16.5. The van der Waals surface area contributed by atoms with Crippen LogP contribution in [0, 0.1) is 6.92 Å². The minimum Gasteiger partial charge on any atom is -0.495 e. The smallest absolute Gasteiger partial charge is 0.144 e. The summed E-state index contributed by atoms with van der Waals surface area (Å²) in [6.07, 6.45) is 1.55. The Kier molecular flexibility index (Phi) is 4.20. The minimum atomic E-state index is 0.237. The molecule has 1 fully saturated rings. The highest BCUT2D eigenvalue weighted by Gasteiger charge is 2.26. The quantitative estimate of drug-likeness (QED) is 0.852. The number of methoxy groups -OCH3 is 1. The van der Waals surface area contributed by atoms with Gasteiger partial charge in [0.25, 0.3) is 0 Å². The summed E-state index contributed by atoms with van der Waals surface area (Å²) in [5, 5.41) is 0. The third-order valence-corrected chi connectivity index (χ3v) is 3.69. The Bertz CT molecular complexity index is 448. The van der Waals surface area contributed by atoms with Crippen molar-refractivity contribution in [2.45, 2.75) is 39.4 Å². The van der Waals surface area contributed by atoms with Gasteiger partial charge in [-0.25, -0.2) is 0 Å². The van der Waals surface area contributed by atoms with Crippen LogP contribution in [-0.2, 0) is 4.74 Å². The molecule has 0 saturated carbocycles. The largest absolute Gasteiger partial charge is 0.495 e. The van der Waals surface area contributed by atoms with Gasteiger partial charge in [-0.1, -0.05) is 6.92 Å². The van der Waals surface area contributed by atoms with Crippen LogP contribution in [0.1, 0.15) is 25.8 Å². The van der Waals surface area contributed by atoms with E-state index in [1.807, 2.05) is 13.0 Å². The molecule has 1 aromatic carbocycles. The van der Waals surface area contributed by atoms with Crippen LogP contribution in [0.15, 0.2) is 12.1 Å². The lowest BCUT2D eigenvalue weighted by Crippen LogP contribution is -2.46. The van der Waals surface area contributed by atoms with E-state index < -0.39 is 0 Å². The van der Waals surface area contributed by atoms with Crippen LogP contribution >= 0.6 is 0 Å². The SMILES string of the molecule is CCC1CN(c2cc(C)c(N)cc2OC)CC(C)O1. The number of benzene rings is 1. The average Bonchev–Trinajstić information content (AvgIpc) is 2.40. The van der Waals surface area contributed by atoms with Crippen molar-refractivity contribution in [2.24, 2.45) is 0 Å². The number of aryl methyl sites for hydroxylation is 1. The van der Waals surface area contributed by atoms with E-state index in [0.29, 0.717) is 0 Å². The molecule has 2 N–H and O–H groups in total. The van der Waals surface area contributed by atoms with E-state index in [0.717, 1.165) is 42.2 Å². The topological polar surface area (TPSA) is 47.7 Å². The first-order valence-corrected chi connectivity index (χ1v) is 6.89. The second kappa shape index (κ2) is 5.70. The number of nitrogens with zero attached hydrogens (tertiary/aromatic N) is 1. The van der Waals surface area contributed by atoms with Crippen molar-refractivity contribution in [1.29, 1.82) is 0 Å². The van der Waals surface area contributed by atoms with Crippen molar-refractivity contribution in [3.63, 3.8) is 0 Å². The molecule has 1 aliphatic rings. The van der Waals surface area contributed by atoms with Crippen molar-refractivity contribution in [3.05, 3.63) is 17.7 Å². The zero-order chi connectivity index (χ0) is 14.0. The Morgan fingerprint density at radius 3 is 2.79 bits per heavy atom. The summed E-state index contributed by atoms with van der Waals surface area (Å²) in [5.41, 5.74) is 8.92. The van der Waals surface area contributed by atoms with Gasteiger partial charge in [0, 0.05) is 24.8 Å². The highest BCUT2D eigenvalue weighted by molar-refractivity contribution is 5.67. The van der Waals surface area contributed by atoms with Crippen molar-refractivity contribution in [1.82, 2.24) is 0 Å². The van der Waals surface area contributed by atoms with Crippen LogP contribution in [0.3, 0.4) is 0 Å². The summed E-state index contributed by atoms with van der Waals surface area (Å²) >= 11 is 0.